The Hall–Kier alpha value is -1.61. The zero-order valence-corrected chi connectivity index (χ0v) is 12.5. The summed E-state index contributed by atoms with van der Waals surface area (Å²) >= 11 is 0. The van der Waals surface area contributed by atoms with E-state index in [9.17, 15) is 5.26 Å². The van der Waals surface area contributed by atoms with Crippen LogP contribution in [0.2, 0.25) is 0 Å². The minimum atomic E-state index is 0.618. The van der Waals surface area contributed by atoms with Crippen LogP contribution in [0.1, 0.15) is 11.1 Å². The molecule has 0 atom stereocenters. The number of anilines is 1. The van der Waals surface area contributed by atoms with E-state index >= 15 is 0 Å². The van der Waals surface area contributed by atoms with E-state index < -0.39 is 0 Å². The number of rotatable bonds is 9. The molecule has 20 heavy (non-hydrogen) atoms. The third-order valence-electron chi connectivity index (χ3n) is 3.03. The maximum atomic E-state index is 9.35. The molecule has 1 N–H and O–H groups in total. The second-order valence-corrected chi connectivity index (χ2v) is 4.47. The summed E-state index contributed by atoms with van der Waals surface area (Å²) in [4.78, 5) is 2.12. The van der Waals surface area contributed by atoms with Gasteiger partial charge in [-0.25, -0.2) is 0 Å². The maximum Gasteiger partial charge on any atom is 0.101 e. The van der Waals surface area contributed by atoms with Gasteiger partial charge in [-0.1, -0.05) is 6.07 Å². The van der Waals surface area contributed by atoms with Crippen LogP contribution in [-0.4, -0.2) is 47.6 Å². The Labute approximate surface area is 121 Å². The molecule has 0 heterocycles. The first-order chi connectivity index (χ1) is 9.76. The molecular formula is C15H23N3O2. The SMILES string of the molecule is CNCc1ccc(N(CCOC)CCOC)c(C#N)c1. The molecule has 0 aliphatic heterocycles. The van der Waals surface area contributed by atoms with Crippen molar-refractivity contribution in [1.29, 1.82) is 5.26 Å². The minimum absolute atomic E-state index is 0.618. The number of methoxy groups -OCH3 is 2. The van der Waals surface area contributed by atoms with Gasteiger partial charge in [0.05, 0.1) is 24.5 Å². The van der Waals surface area contributed by atoms with Crippen LogP contribution < -0.4 is 10.2 Å². The van der Waals surface area contributed by atoms with Gasteiger partial charge < -0.3 is 19.7 Å². The number of nitrogens with one attached hydrogen (secondary N) is 1. The first kappa shape index (κ1) is 16.4. The molecule has 0 spiro atoms. The van der Waals surface area contributed by atoms with Gasteiger partial charge in [0, 0.05) is 33.9 Å². The Morgan fingerprint density at radius 1 is 1.20 bits per heavy atom. The molecule has 0 aliphatic rings. The van der Waals surface area contributed by atoms with E-state index in [0.29, 0.717) is 18.8 Å². The van der Waals surface area contributed by atoms with Crippen LogP contribution in [0.5, 0.6) is 0 Å². The molecule has 0 saturated carbocycles. The number of hydrogen-bond acceptors (Lipinski definition) is 5. The van der Waals surface area contributed by atoms with Crippen LogP contribution in [-0.2, 0) is 16.0 Å². The summed E-state index contributed by atoms with van der Waals surface area (Å²) in [5.41, 5.74) is 2.72. The van der Waals surface area contributed by atoms with Gasteiger partial charge in [0.25, 0.3) is 0 Å². The van der Waals surface area contributed by atoms with Crippen molar-refractivity contribution in [3.8, 4) is 6.07 Å². The van der Waals surface area contributed by atoms with Crippen molar-refractivity contribution in [2.45, 2.75) is 6.54 Å². The molecule has 1 aromatic rings. The van der Waals surface area contributed by atoms with Gasteiger partial charge >= 0.3 is 0 Å². The second-order valence-electron chi connectivity index (χ2n) is 4.47. The summed E-state index contributed by atoms with van der Waals surface area (Å²) in [6, 6.07) is 8.24. The zero-order valence-electron chi connectivity index (χ0n) is 12.5. The smallest absolute Gasteiger partial charge is 0.101 e. The summed E-state index contributed by atoms with van der Waals surface area (Å²) in [7, 11) is 5.24. The van der Waals surface area contributed by atoms with Gasteiger partial charge in [-0.2, -0.15) is 5.26 Å². The van der Waals surface area contributed by atoms with E-state index in [4.69, 9.17) is 9.47 Å². The van der Waals surface area contributed by atoms with E-state index in [0.717, 1.165) is 30.9 Å². The predicted molar refractivity (Wildman–Crippen MR) is 79.9 cm³/mol. The summed E-state index contributed by atoms with van der Waals surface area (Å²) in [5, 5.41) is 12.4. The summed E-state index contributed by atoms with van der Waals surface area (Å²) in [5.74, 6) is 0. The normalized spacial score (nSPS) is 10.3. The van der Waals surface area contributed by atoms with Gasteiger partial charge in [0.1, 0.15) is 6.07 Å². The largest absolute Gasteiger partial charge is 0.383 e. The molecule has 0 saturated heterocycles. The molecule has 0 radical (unpaired) electrons. The van der Waals surface area contributed by atoms with E-state index in [1.54, 1.807) is 14.2 Å². The number of ether oxygens (including phenoxy) is 2. The fourth-order valence-electron chi connectivity index (χ4n) is 2.02. The quantitative estimate of drug-likeness (QED) is 0.739. The lowest BCUT2D eigenvalue weighted by Gasteiger charge is -2.25. The van der Waals surface area contributed by atoms with Gasteiger partial charge in [0.2, 0.25) is 0 Å². The van der Waals surface area contributed by atoms with Gasteiger partial charge in [-0.15, -0.1) is 0 Å². The Bertz CT molecular complexity index is 435. The van der Waals surface area contributed by atoms with Crippen molar-refractivity contribution in [3.05, 3.63) is 29.3 Å². The summed E-state index contributed by atoms with van der Waals surface area (Å²) < 4.78 is 10.3. The lowest BCUT2D eigenvalue weighted by Crippen LogP contribution is -2.31. The third-order valence-corrected chi connectivity index (χ3v) is 3.03. The molecule has 0 fully saturated rings. The topological polar surface area (TPSA) is 57.5 Å². The monoisotopic (exact) mass is 277 g/mol. The van der Waals surface area contributed by atoms with Crippen molar-refractivity contribution in [1.82, 2.24) is 5.32 Å². The van der Waals surface area contributed by atoms with E-state index in [1.165, 1.54) is 0 Å². The highest BCUT2D eigenvalue weighted by atomic mass is 16.5. The second kappa shape index (κ2) is 9.32. The first-order valence-corrected chi connectivity index (χ1v) is 6.67. The molecule has 0 aliphatic carbocycles. The molecule has 5 heteroatoms. The molecule has 110 valence electrons. The molecule has 5 nitrogen and oxygen atoms in total. The number of nitriles is 1. The number of hydrogen-bond donors (Lipinski definition) is 1. The van der Waals surface area contributed by atoms with E-state index in [-0.39, 0.29) is 0 Å². The Balaban J connectivity index is 2.95. The van der Waals surface area contributed by atoms with Crippen LogP contribution in [0, 0.1) is 11.3 Å². The third kappa shape index (κ3) is 4.82. The average Bonchev–Trinajstić information content (AvgIpc) is 2.48. The molecule has 0 amide bonds. The predicted octanol–water partition coefficient (Wildman–Crippen LogP) is 1.38. The lowest BCUT2D eigenvalue weighted by molar-refractivity contribution is 0.190. The minimum Gasteiger partial charge on any atom is -0.383 e. The van der Waals surface area contributed by atoms with E-state index in [2.05, 4.69) is 16.3 Å². The molecule has 0 unspecified atom stereocenters. The molecule has 1 aromatic carbocycles. The standard InChI is InChI=1S/C15H23N3O2/c1-17-12-13-4-5-15(14(10-13)11-16)18(6-8-19-2)7-9-20-3/h4-5,10,17H,6-9,12H2,1-3H3. The van der Waals surface area contributed by atoms with Crippen molar-refractivity contribution in [2.75, 3.05) is 52.5 Å². The van der Waals surface area contributed by atoms with Crippen molar-refractivity contribution in [2.24, 2.45) is 0 Å². The van der Waals surface area contributed by atoms with Gasteiger partial charge in [-0.05, 0) is 24.7 Å². The van der Waals surface area contributed by atoms with Crippen molar-refractivity contribution in [3.63, 3.8) is 0 Å². The highest BCUT2D eigenvalue weighted by molar-refractivity contribution is 5.60. The average molecular weight is 277 g/mol. The van der Waals surface area contributed by atoms with Crippen LogP contribution in [0.15, 0.2) is 18.2 Å². The van der Waals surface area contributed by atoms with Crippen LogP contribution in [0.3, 0.4) is 0 Å². The van der Waals surface area contributed by atoms with Crippen molar-refractivity contribution < 1.29 is 9.47 Å². The van der Waals surface area contributed by atoms with Crippen LogP contribution in [0.25, 0.3) is 0 Å². The Morgan fingerprint density at radius 2 is 1.85 bits per heavy atom. The summed E-state index contributed by atoms with van der Waals surface area (Å²) in [6.07, 6.45) is 0. The van der Waals surface area contributed by atoms with Crippen LogP contribution >= 0.6 is 0 Å². The highest BCUT2D eigenvalue weighted by Crippen LogP contribution is 2.21. The van der Waals surface area contributed by atoms with Crippen LogP contribution in [0.4, 0.5) is 5.69 Å². The molecule has 0 aromatic heterocycles. The van der Waals surface area contributed by atoms with Gasteiger partial charge in [0.15, 0.2) is 0 Å². The number of benzene rings is 1. The Morgan fingerprint density at radius 3 is 2.35 bits per heavy atom. The highest BCUT2D eigenvalue weighted by Gasteiger charge is 2.11. The van der Waals surface area contributed by atoms with E-state index in [1.807, 2.05) is 25.2 Å². The number of nitrogens with zero attached hydrogens (tertiary/aromatic N) is 2. The molecule has 0 bridgehead atoms. The lowest BCUT2D eigenvalue weighted by atomic mass is 10.1. The maximum absolute atomic E-state index is 9.35. The molecular weight excluding hydrogens is 254 g/mol. The Kier molecular flexibility index (Phi) is 7.66. The zero-order chi connectivity index (χ0) is 14.8. The molecule has 1 rings (SSSR count). The first-order valence-electron chi connectivity index (χ1n) is 6.67. The van der Waals surface area contributed by atoms with Gasteiger partial charge in [-0.3, -0.25) is 0 Å². The van der Waals surface area contributed by atoms with Crippen molar-refractivity contribution >= 4 is 5.69 Å². The fraction of sp³-hybridized carbons (Fsp3) is 0.533. The fourth-order valence-corrected chi connectivity index (χ4v) is 2.02. The summed E-state index contributed by atoms with van der Waals surface area (Å²) in [6.45, 7) is 3.46.